The van der Waals surface area contributed by atoms with Crippen LogP contribution in [0.2, 0.25) is 0 Å². The number of hydrogen-bond donors (Lipinski definition) is 0. The molecule has 1 unspecified atom stereocenters. The van der Waals surface area contributed by atoms with Gasteiger partial charge in [-0.2, -0.15) is 23.7 Å². The number of nitriles is 2. The lowest BCUT2D eigenvalue weighted by Gasteiger charge is -2.20. The van der Waals surface area contributed by atoms with Crippen molar-refractivity contribution in [1.29, 1.82) is 10.5 Å². The van der Waals surface area contributed by atoms with Crippen LogP contribution < -0.4 is 0 Å². The Kier molecular flexibility index (Phi) is 5.34. The number of rotatable bonds is 5. The van der Waals surface area contributed by atoms with Crippen molar-refractivity contribution in [3.63, 3.8) is 0 Å². The van der Waals surface area contributed by atoms with Crippen LogP contribution in [0.4, 0.5) is 18.9 Å². The van der Waals surface area contributed by atoms with E-state index in [9.17, 15) is 23.3 Å². The van der Waals surface area contributed by atoms with E-state index in [1.165, 1.54) is 0 Å². The maximum atomic E-state index is 13.0. The summed E-state index contributed by atoms with van der Waals surface area (Å²) in [5.41, 5.74) is -2.06. The molecular weight excluding hydrogens is 323 g/mol. The summed E-state index contributed by atoms with van der Waals surface area (Å²) in [5, 5.41) is 28.2. The van der Waals surface area contributed by atoms with Gasteiger partial charge >= 0.3 is 6.18 Å². The van der Waals surface area contributed by atoms with Crippen LogP contribution in [0.15, 0.2) is 18.2 Å². The van der Waals surface area contributed by atoms with E-state index in [2.05, 4.69) is 0 Å². The molecule has 9 heteroatoms. The third kappa shape index (κ3) is 4.34. The number of nitrogens with zero attached hydrogens (tertiary/aromatic N) is 3. The van der Waals surface area contributed by atoms with Gasteiger partial charge in [0.05, 0.1) is 22.6 Å². The smallest absolute Gasteiger partial charge is 0.258 e. The molecule has 1 aromatic carbocycles. The van der Waals surface area contributed by atoms with Crippen molar-refractivity contribution in [2.45, 2.75) is 30.3 Å². The lowest BCUT2D eigenvalue weighted by molar-refractivity contribution is -0.385. The fraction of sp³-hybridized carbons (Fsp3) is 0.385. The van der Waals surface area contributed by atoms with Crippen LogP contribution in [0.3, 0.4) is 0 Å². The first kappa shape index (κ1) is 17.7. The molecular formula is C13H9ClF3N3O2. The topological polar surface area (TPSA) is 90.7 Å². The second-order valence-electron chi connectivity index (χ2n) is 4.51. The van der Waals surface area contributed by atoms with E-state index >= 15 is 0 Å². The number of benzene rings is 1. The van der Waals surface area contributed by atoms with E-state index in [0.717, 1.165) is 12.1 Å². The van der Waals surface area contributed by atoms with Crippen molar-refractivity contribution in [1.82, 2.24) is 0 Å². The number of nitro groups is 1. The third-order valence-electron chi connectivity index (χ3n) is 2.91. The molecule has 0 radical (unpaired) electrons. The van der Waals surface area contributed by atoms with Gasteiger partial charge in [-0.25, -0.2) is 0 Å². The van der Waals surface area contributed by atoms with E-state index in [-0.39, 0.29) is 12.8 Å². The summed E-state index contributed by atoms with van der Waals surface area (Å²) in [6.45, 7) is 0. The minimum Gasteiger partial charge on any atom is -0.258 e. The van der Waals surface area contributed by atoms with Crippen LogP contribution in [-0.2, 0) is 12.6 Å². The van der Waals surface area contributed by atoms with Gasteiger partial charge in [0.2, 0.25) is 0 Å². The molecule has 0 heterocycles. The van der Waals surface area contributed by atoms with Crippen molar-refractivity contribution >= 4 is 17.3 Å². The zero-order valence-corrected chi connectivity index (χ0v) is 11.8. The second-order valence-corrected chi connectivity index (χ2v) is 5.23. The molecule has 0 fully saturated rings. The zero-order chi connectivity index (χ0) is 17.0. The molecule has 1 atom stereocenters. The highest BCUT2D eigenvalue weighted by Crippen LogP contribution is 2.37. The molecule has 0 saturated carbocycles. The van der Waals surface area contributed by atoms with Crippen LogP contribution in [-0.4, -0.2) is 9.80 Å². The minimum atomic E-state index is -4.73. The van der Waals surface area contributed by atoms with Crippen LogP contribution in [0.5, 0.6) is 0 Å². The number of non-ortho nitro benzene ring substituents is 1. The Bertz CT molecular complexity index is 664. The molecule has 116 valence electrons. The Hall–Kier alpha value is -2.32. The molecule has 5 nitrogen and oxygen atoms in total. The summed E-state index contributed by atoms with van der Waals surface area (Å²) in [6.07, 6.45) is -5.55. The molecule has 0 amide bonds. The van der Waals surface area contributed by atoms with Crippen molar-refractivity contribution < 1.29 is 18.1 Å². The Morgan fingerprint density at radius 2 is 1.95 bits per heavy atom. The Morgan fingerprint density at radius 1 is 1.32 bits per heavy atom. The summed E-state index contributed by atoms with van der Waals surface area (Å²) in [6, 6.07) is 5.50. The average Bonchev–Trinajstić information content (AvgIpc) is 2.43. The predicted molar refractivity (Wildman–Crippen MR) is 70.8 cm³/mol. The van der Waals surface area contributed by atoms with Crippen molar-refractivity contribution in [2.24, 2.45) is 0 Å². The van der Waals surface area contributed by atoms with Crippen LogP contribution in [0.25, 0.3) is 0 Å². The molecule has 1 rings (SSSR count). The second kappa shape index (κ2) is 6.63. The molecule has 0 aliphatic heterocycles. The molecule has 1 aromatic rings. The SMILES string of the molecule is N#CCCC(Cl)(C#N)Cc1cc([N+](=O)[O-])ccc1C(F)(F)F. The summed E-state index contributed by atoms with van der Waals surface area (Å²) < 4.78 is 38.9. The fourth-order valence-corrected chi connectivity index (χ4v) is 2.09. The molecule has 0 aliphatic rings. The first-order valence-electron chi connectivity index (χ1n) is 5.94. The molecule has 0 aliphatic carbocycles. The summed E-state index contributed by atoms with van der Waals surface area (Å²) in [7, 11) is 0. The maximum absolute atomic E-state index is 13.0. The maximum Gasteiger partial charge on any atom is 0.416 e. The molecule has 0 N–H and O–H groups in total. The van der Waals surface area contributed by atoms with E-state index in [1.54, 1.807) is 12.1 Å². The average molecular weight is 332 g/mol. The van der Waals surface area contributed by atoms with Gasteiger partial charge in [0, 0.05) is 25.0 Å². The van der Waals surface area contributed by atoms with Crippen LogP contribution in [0.1, 0.15) is 24.0 Å². The Morgan fingerprint density at radius 3 is 2.41 bits per heavy atom. The van der Waals surface area contributed by atoms with Gasteiger partial charge < -0.3 is 0 Å². The van der Waals surface area contributed by atoms with Gasteiger partial charge in [-0.05, 0) is 18.1 Å². The standard InChI is InChI=1S/C13H9ClF3N3O2/c14-12(8-19,4-1-5-18)7-9-6-10(20(21)22)2-3-11(9)13(15,16)17/h2-3,6H,1,4,7H2. The first-order chi connectivity index (χ1) is 10.1. The summed E-state index contributed by atoms with van der Waals surface area (Å²) in [4.78, 5) is 8.14. The quantitative estimate of drug-likeness (QED) is 0.464. The number of halogens is 4. The van der Waals surface area contributed by atoms with Crippen LogP contribution >= 0.6 is 11.6 Å². The van der Waals surface area contributed by atoms with E-state index in [0.29, 0.717) is 6.07 Å². The lowest BCUT2D eigenvalue weighted by atomic mass is 9.92. The molecule has 0 saturated heterocycles. The predicted octanol–water partition coefficient (Wildman–Crippen LogP) is 3.96. The van der Waals surface area contributed by atoms with Gasteiger partial charge in [0.1, 0.15) is 4.87 Å². The first-order valence-corrected chi connectivity index (χ1v) is 6.32. The van der Waals surface area contributed by atoms with Gasteiger partial charge in [-0.1, -0.05) is 0 Å². The van der Waals surface area contributed by atoms with E-state index < -0.39 is 39.2 Å². The number of alkyl halides is 4. The normalized spacial score (nSPS) is 13.7. The van der Waals surface area contributed by atoms with Gasteiger partial charge in [-0.15, -0.1) is 11.6 Å². The number of hydrogen-bond acceptors (Lipinski definition) is 4. The largest absolute Gasteiger partial charge is 0.416 e. The molecule has 0 bridgehead atoms. The monoisotopic (exact) mass is 331 g/mol. The zero-order valence-electron chi connectivity index (χ0n) is 11.0. The van der Waals surface area contributed by atoms with Gasteiger partial charge in [0.25, 0.3) is 5.69 Å². The fourth-order valence-electron chi connectivity index (χ4n) is 1.86. The minimum absolute atomic E-state index is 0.118. The number of nitro benzene ring substituents is 1. The Balaban J connectivity index is 3.31. The van der Waals surface area contributed by atoms with E-state index in [1.807, 2.05) is 0 Å². The van der Waals surface area contributed by atoms with Crippen molar-refractivity contribution in [3.05, 3.63) is 39.4 Å². The van der Waals surface area contributed by atoms with Gasteiger partial charge in [0.15, 0.2) is 0 Å². The molecule has 0 spiro atoms. The van der Waals surface area contributed by atoms with Crippen molar-refractivity contribution in [3.8, 4) is 12.1 Å². The van der Waals surface area contributed by atoms with Crippen LogP contribution in [0, 0.1) is 32.8 Å². The Labute approximate surface area is 128 Å². The third-order valence-corrected chi connectivity index (χ3v) is 3.32. The van der Waals surface area contributed by atoms with E-state index in [4.69, 9.17) is 22.1 Å². The summed E-state index contributed by atoms with van der Waals surface area (Å²) in [5.74, 6) is 0. The summed E-state index contributed by atoms with van der Waals surface area (Å²) >= 11 is 5.94. The van der Waals surface area contributed by atoms with Crippen molar-refractivity contribution in [2.75, 3.05) is 0 Å². The van der Waals surface area contributed by atoms with Gasteiger partial charge in [-0.3, -0.25) is 10.1 Å². The lowest BCUT2D eigenvalue weighted by Crippen LogP contribution is -2.24. The molecule has 0 aromatic heterocycles. The molecule has 22 heavy (non-hydrogen) atoms. The highest BCUT2D eigenvalue weighted by atomic mass is 35.5. The highest BCUT2D eigenvalue weighted by molar-refractivity contribution is 6.26. The highest BCUT2D eigenvalue weighted by Gasteiger charge is 2.37.